The number of rotatable bonds is 5. The molecule has 2 heteroatoms. The molecule has 0 saturated carbocycles. The SMILES string of the molecule is CC1(C)c2ccc3ccccc3c2-c2cccc(-c3ccc(-c4nc(-c5ccccc5)cc(-c5cccc(-c6ccc7ccccc7c6)c5)n4)c4ccccc34)c21. The van der Waals surface area contributed by atoms with Crippen molar-refractivity contribution < 1.29 is 0 Å². The Bertz CT molecular complexity index is 3210. The number of fused-ring (bicyclic) bond motifs is 7. The van der Waals surface area contributed by atoms with Gasteiger partial charge in [-0.1, -0.05) is 184 Å². The highest BCUT2D eigenvalue weighted by molar-refractivity contribution is 6.08. The molecule has 0 unspecified atom stereocenters. The zero-order valence-electron chi connectivity index (χ0n) is 31.9. The van der Waals surface area contributed by atoms with E-state index in [-0.39, 0.29) is 5.41 Å². The lowest BCUT2D eigenvalue weighted by molar-refractivity contribution is 0.662. The van der Waals surface area contributed by atoms with E-state index < -0.39 is 0 Å². The number of hydrogen-bond acceptors (Lipinski definition) is 2. The largest absolute Gasteiger partial charge is 0.228 e. The molecule has 0 atom stereocenters. The lowest BCUT2D eigenvalue weighted by Crippen LogP contribution is -2.16. The van der Waals surface area contributed by atoms with E-state index in [2.05, 4.69) is 202 Å². The van der Waals surface area contributed by atoms with Crippen molar-refractivity contribution >= 4 is 32.3 Å². The first-order valence-corrected chi connectivity index (χ1v) is 19.7. The van der Waals surface area contributed by atoms with Gasteiger partial charge in [0.1, 0.15) is 0 Å². The van der Waals surface area contributed by atoms with Crippen LogP contribution in [0.25, 0.3) is 99.6 Å². The van der Waals surface area contributed by atoms with Gasteiger partial charge in [-0.3, -0.25) is 0 Å². The van der Waals surface area contributed by atoms with Crippen molar-refractivity contribution in [3.05, 3.63) is 205 Å². The predicted molar refractivity (Wildman–Crippen MR) is 239 cm³/mol. The second-order valence-electron chi connectivity index (χ2n) is 15.7. The minimum atomic E-state index is -0.172. The maximum atomic E-state index is 5.36. The fourth-order valence-electron chi connectivity index (χ4n) is 9.30. The van der Waals surface area contributed by atoms with Crippen LogP contribution in [0.4, 0.5) is 0 Å². The van der Waals surface area contributed by atoms with E-state index in [4.69, 9.17) is 9.97 Å². The first-order chi connectivity index (χ1) is 28.0. The van der Waals surface area contributed by atoms with Crippen LogP contribution in [0, 0.1) is 0 Å². The standard InChI is InChI=1S/C55H38N2/c1-55(2)49-31-28-36-15-8-9-21-42(36)52(49)48-25-13-24-46(53(48)55)45-29-30-47(44-23-11-10-22-43(44)45)54-56-50(37-16-4-3-5-17-37)34-51(57-54)41-20-12-19-39(33-41)40-27-26-35-14-6-7-18-38(35)32-40/h3-34H,1-2H3. The van der Waals surface area contributed by atoms with Crippen LogP contribution in [0.3, 0.4) is 0 Å². The summed E-state index contributed by atoms with van der Waals surface area (Å²) in [4.78, 5) is 10.7. The summed E-state index contributed by atoms with van der Waals surface area (Å²) in [5.41, 5.74) is 15.0. The normalized spacial score (nSPS) is 12.9. The molecule has 0 N–H and O–H groups in total. The first kappa shape index (κ1) is 33.2. The molecule has 0 aliphatic heterocycles. The molecule has 0 bridgehead atoms. The molecule has 1 heterocycles. The minimum absolute atomic E-state index is 0.172. The Morgan fingerprint density at radius 3 is 1.75 bits per heavy atom. The molecule has 57 heavy (non-hydrogen) atoms. The van der Waals surface area contributed by atoms with Crippen molar-refractivity contribution in [2.75, 3.05) is 0 Å². The molecule has 0 spiro atoms. The summed E-state index contributed by atoms with van der Waals surface area (Å²) in [5.74, 6) is 0.711. The monoisotopic (exact) mass is 726 g/mol. The third-order valence-electron chi connectivity index (χ3n) is 12.1. The van der Waals surface area contributed by atoms with Crippen LogP contribution in [-0.4, -0.2) is 9.97 Å². The summed E-state index contributed by atoms with van der Waals surface area (Å²) in [6.07, 6.45) is 0. The van der Waals surface area contributed by atoms with Crippen molar-refractivity contribution in [2.45, 2.75) is 19.3 Å². The van der Waals surface area contributed by atoms with E-state index in [1.165, 1.54) is 65.9 Å². The number of aromatic nitrogens is 2. The lowest BCUT2D eigenvalue weighted by Gasteiger charge is -2.25. The van der Waals surface area contributed by atoms with Crippen LogP contribution in [-0.2, 0) is 5.41 Å². The molecule has 0 radical (unpaired) electrons. The molecule has 268 valence electrons. The molecule has 1 aromatic heterocycles. The number of nitrogens with zero attached hydrogens (tertiary/aromatic N) is 2. The van der Waals surface area contributed by atoms with Crippen molar-refractivity contribution in [3.63, 3.8) is 0 Å². The van der Waals surface area contributed by atoms with Crippen molar-refractivity contribution in [3.8, 4) is 67.3 Å². The van der Waals surface area contributed by atoms with E-state index in [0.29, 0.717) is 5.82 Å². The molecule has 2 nitrogen and oxygen atoms in total. The summed E-state index contributed by atoms with van der Waals surface area (Å²) in [6, 6.07) is 70.1. The highest BCUT2D eigenvalue weighted by Crippen LogP contribution is 2.55. The predicted octanol–water partition coefficient (Wildman–Crippen LogP) is 14.6. The Kier molecular flexibility index (Phi) is 7.55. The highest BCUT2D eigenvalue weighted by Gasteiger charge is 2.38. The molecular formula is C55H38N2. The summed E-state index contributed by atoms with van der Waals surface area (Å²) in [5, 5.41) is 7.38. The molecule has 11 rings (SSSR count). The third kappa shape index (κ3) is 5.40. The summed E-state index contributed by atoms with van der Waals surface area (Å²) < 4.78 is 0. The van der Waals surface area contributed by atoms with Gasteiger partial charge in [-0.2, -0.15) is 0 Å². The fraction of sp³-hybridized carbons (Fsp3) is 0.0545. The van der Waals surface area contributed by atoms with Gasteiger partial charge < -0.3 is 0 Å². The van der Waals surface area contributed by atoms with Crippen molar-refractivity contribution in [1.29, 1.82) is 0 Å². The number of benzene rings is 9. The Morgan fingerprint density at radius 2 is 0.930 bits per heavy atom. The Labute approximate surface area is 332 Å². The third-order valence-corrected chi connectivity index (χ3v) is 12.1. The van der Waals surface area contributed by atoms with Gasteiger partial charge in [-0.25, -0.2) is 9.97 Å². The molecule has 10 aromatic rings. The molecule has 0 fully saturated rings. The van der Waals surface area contributed by atoms with Crippen LogP contribution >= 0.6 is 0 Å². The number of hydrogen-bond donors (Lipinski definition) is 0. The topological polar surface area (TPSA) is 25.8 Å². The van der Waals surface area contributed by atoms with Gasteiger partial charge >= 0.3 is 0 Å². The molecule has 0 saturated heterocycles. The molecule has 0 amide bonds. The first-order valence-electron chi connectivity index (χ1n) is 19.7. The molecular weight excluding hydrogens is 689 g/mol. The lowest BCUT2D eigenvalue weighted by atomic mass is 9.78. The fourth-order valence-corrected chi connectivity index (χ4v) is 9.30. The molecule has 9 aromatic carbocycles. The van der Waals surface area contributed by atoms with Crippen molar-refractivity contribution in [2.24, 2.45) is 0 Å². The van der Waals surface area contributed by atoms with E-state index in [0.717, 1.165) is 39.0 Å². The van der Waals surface area contributed by atoms with Crippen LogP contribution in [0.5, 0.6) is 0 Å². The van der Waals surface area contributed by atoms with Crippen LogP contribution in [0.15, 0.2) is 194 Å². The van der Waals surface area contributed by atoms with Crippen LogP contribution < -0.4 is 0 Å². The molecule has 1 aliphatic carbocycles. The summed E-state index contributed by atoms with van der Waals surface area (Å²) in [7, 11) is 0. The second kappa shape index (κ2) is 13.0. The van der Waals surface area contributed by atoms with Gasteiger partial charge in [0.2, 0.25) is 0 Å². The Hall–Kier alpha value is -7.16. The average molecular weight is 727 g/mol. The van der Waals surface area contributed by atoms with Gasteiger partial charge in [0.15, 0.2) is 5.82 Å². The van der Waals surface area contributed by atoms with E-state index in [9.17, 15) is 0 Å². The zero-order chi connectivity index (χ0) is 38.1. The maximum Gasteiger partial charge on any atom is 0.161 e. The second-order valence-corrected chi connectivity index (χ2v) is 15.7. The van der Waals surface area contributed by atoms with Crippen LogP contribution in [0.2, 0.25) is 0 Å². The summed E-state index contributed by atoms with van der Waals surface area (Å²) >= 11 is 0. The maximum absolute atomic E-state index is 5.36. The van der Waals surface area contributed by atoms with Gasteiger partial charge in [0.05, 0.1) is 11.4 Å². The van der Waals surface area contributed by atoms with Gasteiger partial charge in [0.25, 0.3) is 0 Å². The van der Waals surface area contributed by atoms with Crippen LogP contribution in [0.1, 0.15) is 25.0 Å². The zero-order valence-corrected chi connectivity index (χ0v) is 31.9. The van der Waals surface area contributed by atoms with E-state index in [1.54, 1.807) is 0 Å². The van der Waals surface area contributed by atoms with E-state index >= 15 is 0 Å². The Morgan fingerprint density at radius 1 is 0.351 bits per heavy atom. The quantitative estimate of drug-likeness (QED) is 0.176. The van der Waals surface area contributed by atoms with Gasteiger partial charge in [-0.15, -0.1) is 0 Å². The van der Waals surface area contributed by atoms with E-state index in [1.807, 2.05) is 6.07 Å². The minimum Gasteiger partial charge on any atom is -0.228 e. The van der Waals surface area contributed by atoms with Crippen molar-refractivity contribution in [1.82, 2.24) is 9.97 Å². The van der Waals surface area contributed by atoms with Gasteiger partial charge in [-0.05, 0) is 101 Å². The summed E-state index contributed by atoms with van der Waals surface area (Å²) in [6.45, 7) is 4.76. The van der Waals surface area contributed by atoms with Gasteiger partial charge in [0, 0.05) is 22.1 Å². The molecule has 1 aliphatic rings. The Balaban J connectivity index is 1.08. The smallest absolute Gasteiger partial charge is 0.161 e. The average Bonchev–Trinajstić information content (AvgIpc) is 3.52. The highest BCUT2D eigenvalue weighted by atomic mass is 14.9.